The minimum atomic E-state index is 0.995. The van der Waals surface area contributed by atoms with Gasteiger partial charge in [-0.25, -0.2) is 4.98 Å². The normalized spacial score (nSPS) is 15.1. The predicted molar refractivity (Wildman–Crippen MR) is 82.1 cm³/mol. The van der Waals surface area contributed by atoms with Crippen molar-refractivity contribution in [1.82, 2.24) is 9.38 Å². The maximum atomic E-state index is 4.70. The molecule has 20 heavy (non-hydrogen) atoms. The molecule has 1 aliphatic heterocycles. The van der Waals surface area contributed by atoms with Gasteiger partial charge in [0.05, 0.1) is 5.69 Å². The van der Waals surface area contributed by atoms with E-state index in [-0.39, 0.29) is 0 Å². The minimum Gasteiger partial charge on any atom is -0.372 e. The quantitative estimate of drug-likeness (QED) is 0.704. The zero-order valence-electron chi connectivity index (χ0n) is 11.4. The lowest BCUT2D eigenvalue weighted by molar-refractivity contribution is 0.949. The highest BCUT2D eigenvalue weighted by Crippen LogP contribution is 2.26. The smallest absolute Gasteiger partial charge is 0.137 e. The zero-order valence-corrected chi connectivity index (χ0v) is 11.4. The molecule has 0 radical (unpaired) electrons. The number of benzene rings is 1. The van der Waals surface area contributed by atoms with Crippen LogP contribution in [0.5, 0.6) is 0 Å². The van der Waals surface area contributed by atoms with Crippen molar-refractivity contribution in [3.63, 3.8) is 0 Å². The number of imidazole rings is 1. The van der Waals surface area contributed by atoms with Crippen LogP contribution < -0.4 is 4.90 Å². The van der Waals surface area contributed by atoms with Crippen molar-refractivity contribution in [3.8, 4) is 11.3 Å². The minimum absolute atomic E-state index is 0.995. The summed E-state index contributed by atoms with van der Waals surface area (Å²) < 4.78 is 2.07. The van der Waals surface area contributed by atoms with E-state index in [0.29, 0.717) is 0 Å². The molecule has 0 atom stereocenters. The first-order chi connectivity index (χ1) is 9.90. The predicted octanol–water partition coefficient (Wildman–Crippen LogP) is 3.60. The van der Waals surface area contributed by atoms with Gasteiger partial charge in [-0.1, -0.05) is 18.2 Å². The van der Waals surface area contributed by atoms with Gasteiger partial charge in [0.1, 0.15) is 5.65 Å². The molecule has 4 rings (SSSR count). The summed E-state index contributed by atoms with van der Waals surface area (Å²) in [6, 6.07) is 14.8. The van der Waals surface area contributed by atoms with Gasteiger partial charge in [-0.2, -0.15) is 0 Å². The van der Waals surface area contributed by atoms with Crippen molar-refractivity contribution in [1.29, 1.82) is 0 Å². The highest BCUT2D eigenvalue weighted by Gasteiger charge is 2.13. The summed E-state index contributed by atoms with van der Waals surface area (Å²) in [6.45, 7) is 2.35. The van der Waals surface area contributed by atoms with E-state index in [9.17, 15) is 0 Å². The molecule has 3 heterocycles. The maximum absolute atomic E-state index is 4.70. The Morgan fingerprint density at radius 3 is 2.70 bits per heavy atom. The highest BCUT2D eigenvalue weighted by molar-refractivity contribution is 5.67. The Balaban J connectivity index is 1.75. The van der Waals surface area contributed by atoms with Crippen LogP contribution in [0.15, 0.2) is 54.9 Å². The van der Waals surface area contributed by atoms with Crippen molar-refractivity contribution >= 4 is 11.3 Å². The highest BCUT2D eigenvalue weighted by atomic mass is 15.1. The van der Waals surface area contributed by atoms with Gasteiger partial charge in [0.25, 0.3) is 0 Å². The molecule has 0 bridgehead atoms. The molecule has 3 nitrogen and oxygen atoms in total. The van der Waals surface area contributed by atoms with E-state index in [2.05, 4.69) is 39.8 Å². The van der Waals surface area contributed by atoms with Gasteiger partial charge in [0, 0.05) is 36.7 Å². The first-order valence-corrected chi connectivity index (χ1v) is 7.19. The van der Waals surface area contributed by atoms with Crippen LogP contribution in [0.25, 0.3) is 16.9 Å². The Bertz CT molecular complexity index is 706. The van der Waals surface area contributed by atoms with E-state index in [0.717, 1.165) is 11.3 Å². The zero-order chi connectivity index (χ0) is 13.4. The molecule has 0 spiro atoms. The Morgan fingerprint density at radius 2 is 1.85 bits per heavy atom. The number of nitrogens with zero attached hydrogens (tertiary/aromatic N) is 3. The molecular weight excluding hydrogens is 246 g/mol. The molecule has 0 saturated carbocycles. The van der Waals surface area contributed by atoms with Crippen LogP contribution in [0, 0.1) is 0 Å². The number of pyridine rings is 1. The lowest BCUT2D eigenvalue weighted by Gasteiger charge is -2.17. The fourth-order valence-electron chi connectivity index (χ4n) is 2.91. The second-order valence-corrected chi connectivity index (χ2v) is 5.34. The molecule has 1 fully saturated rings. The van der Waals surface area contributed by atoms with Crippen molar-refractivity contribution in [3.05, 3.63) is 54.9 Å². The number of aromatic nitrogens is 2. The monoisotopic (exact) mass is 263 g/mol. The van der Waals surface area contributed by atoms with E-state index in [1.807, 2.05) is 24.4 Å². The molecule has 0 amide bonds. The van der Waals surface area contributed by atoms with Crippen LogP contribution in [0.2, 0.25) is 0 Å². The number of fused-ring (bicyclic) bond motifs is 1. The number of hydrogen-bond acceptors (Lipinski definition) is 2. The summed E-state index contributed by atoms with van der Waals surface area (Å²) in [5, 5.41) is 0. The summed E-state index contributed by atoms with van der Waals surface area (Å²) in [7, 11) is 0. The molecule has 1 aromatic carbocycles. The number of hydrogen-bond donors (Lipinski definition) is 0. The largest absolute Gasteiger partial charge is 0.372 e. The third-order valence-corrected chi connectivity index (χ3v) is 3.98. The van der Waals surface area contributed by atoms with Crippen LogP contribution in [0.1, 0.15) is 12.8 Å². The maximum Gasteiger partial charge on any atom is 0.137 e. The standard InChI is InChI=1S/C17H17N3/c1-2-11-20-13-16(18-17(20)8-1)14-6-5-7-15(12-14)19-9-3-4-10-19/h1-2,5-8,11-13H,3-4,9-10H2. The molecule has 3 aromatic rings. The average Bonchev–Trinajstić information content (AvgIpc) is 3.16. The molecule has 100 valence electrons. The summed E-state index contributed by atoms with van der Waals surface area (Å²) in [6.07, 6.45) is 6.74. The van der Waals surface area contributed by atoms with Crippen LogP contribution in [-0.4, -0.2) is 22.5 Å². The van der Waals surface area contributed by atoms with Crippen LogP contribution in [-0.2, 0) is 0 Å². The van der Waals surface area contributed by atoms with Crippen molar-refractivity contribution < 1.29 is 0 Å². The van der Waals surface area contributed by atoms with Crippen molar-refractivity contribution in [2.75, 3.05) is 18.0 Å². The third-order valence-electron chi connectivity index (χ3n) is 3.98. The Kier molecular flexibility index (Phi) is 2.69. The van der Waals surface area contributed by atoms with E-state index < -0.39 is 0 Å². The van der Waals surface area contributed by atoms with E-state index in [1.54, 1.807) is 0 Å². The lowest BCUT2D eigenvalue weighted by atomic mass is 10.1. The van der Waals surface area contributed by atoms with Gasteiger partial charge in [-0.3, -0.25) is 0 Å². The first kappa shape index (κ1) is 11.5. The second kappa shape index (κ2) is 4.67. The van der Waals surface area contributed by atoms with Gasteiger partial charge in [-0.15, -0.1) is 0 Å². The van der Waals surface area contributed by atoms with E-state index in [4.69, 9.17) is 4.98 Å². The van der Waals surface area contributed by atoms with Gasteiger partial charge >= 0.3 is 0 Å². The summed E-state index contributed by atoms with van der Waals surface area (Å²) in [5.74, 6) is 0. The lowest BCUT2D eigenvalue weighted by Crippen LogP contribution is -2.17. The van der Waals surface area contributed by atoms with Crippen molar-refractivity contribution in [2.45, 2.75) is 12.8 Å². The summed E-state index contributed by atoms with van der Waals surface area (Å²) in [5.41, 5.74) is 4.54. The fourth-order valence-corrected chi connectivity index (χ4v) is 2.91. The van der Waals surface area contributed by atoms with E-state index >= 15 is 0 Å². The fraction of sp³-hybridized carbons (Fsp3) is 0.235. The molecule has 1 saturated heterocycles. The van der Waals surface area contributed by atoms with Gasteiger partial charge < -0.3 is 9.30 Å². The first-order valence-electron chi connectivity index (χ1n) is 7.19. The molecule has 3 heteroatoms. The molecular formula is C17H17N3. The Labute approximate surface area is 118 Å². The molecule has 1 aliphatic rings. The van der Waals surface area contributed by atoms with Gasteiger partial charge in [0.2, 0.25) is 0 Å². The summed E-state index contributed by atoms with van der Waals surface area (Å²) >= 11 is 0. The van der Waals surface area contributed by atoms with Crippen LogP contribution in [0.3, 0.4) is 0 Å². The molecule has 0 aliphatic carbocycles. The Morgan fingerprint density at radius 1 is 0.950 bits per heavy atom. The SMILES string of the molecule is c1cc(-c2cn3ccccc3n2)cc(N2CCCC2)c1. The van der Waals surface area contributed by atoms with Crippen LogP contribution >= 0.6 is 0 Å². The van der Waals surface area contributed by atoms with Crippen molar-refractivity contribution in [2.24, 2.45) is 0 Å². The third kappa shape index (κ3) is 1.95. The van der Waals surface area contributed by atoms with E-state index in [1.165, 1.54) is 37.2 Å². The van der Waals surface area contributed by atoms with Gasteiger partial charge in [0.15, 0.2) is 0 Å². The average molecular weight is 263 g/mol. The Hall–Kier alpha value is -2.29. The topological polar surface area (TPSA) is 20.5 Å². The van der Waals surface area contributed by atoms with Crippen LogP contribution in [0.4, 0.5) is 5.69 Å². The number of rotatable bonds is 2. The summed E-state index contributed by atoms with van der Waals surface area (Å²) in [4.78, 5) is 7.15. The molecule has 0 unspecified atom stereocenters. The van der Waals surface area contributed by atoms with Gasteiger partial charge in [-0.05, 0) is 37.1 Å². The number of anilines is 1. The second-order valence-electron chi connectivity index (χ2n) is 5.34. The molecule has 2 aromatic heterocycles. The molecule has 0 N–H and O–H groups in total.